The van der Waals surface area contributed by atoms with E-state index < -0.39 is 17.9 Å². The molecule has 4 rings (SSSR count). The average Bonchev–Trinajstić information content (AvgIpc) is 3.02. The number of unbranched alkanes of at least 4 members (excludes halogenated alkanes) is 1. The molecule has 3 N–H and O–H groups in total. The highest BCUT2D eigenvalue weighted by Gasteiger charge is 2.37. The molecule has 0 aliphatic carbocycles. The molecule has 1 unspecified atom stereocenters. The van der Waals surface area contributed by atoms with Crippen LogP contribution in [0.15, 0.2) is 45.6 Å². The summed E-state index contributed by atoms with van der Waals surface area (Å²) in [6.07, 6.45) is 1.75. The van der Waals surface area contributed by atoms with Gasteiger partial charge in [-0.15, -0.1) is 11.8 Å². The minimum Gasteiger partial charge on any atom is -0.462 e. The molecule has 0 radical (unpaired) electrons. The Bertz CT molecular complexity index is 1180. The molecular weight excluding hydrogens is 639 g/mol. The number of dihydropyridines is 1. The topological polar surface area (TPSA) is 116 Å². The standard InChI is InChI=1S/C32H46Cl2N4O6S/c1-3-27-29(32(40)44-25(20-37-6-11-41-12-7-37)21-38-8-13-42-14-9-38)22(2)30(28(19-35)36-27)31(39)43-10-4-5-15-45-26-17-23(33)16-24(34)18-26/h16-18,22,25,36H,3-15,19-21,35H2,1-2H3. The van der Waals surface area contributed by atoms with Crippen LogP contribution in [0.1, 0.15) is 33.1 Å². The Morgan fingerprint density at radius 1 is 0.956 bits per heavy atom. The van der Waals surface area contributed by atoms with Gasteiger partial charge in [-0.05, 0) is 43.2 Å². The number of ether oxygens (including phenoxy) is 4. The summed E-state index contributed by atoms with van der Waals surface area (Å²) in [5.74, 6) is -0.589. The third-order valence-electron chi connectivity index (χ3n) is 8.10. The van der Waals surface area contributed by atoms with E-state index in [0.717, 1.165) is 48.9 Å². The molecule has 3 aliphatic heterocycles. The van der Waals surface area contributed by atoms with Gasteiger partial charge in [0, 0.05) is 78.1 Å². The number of allylic oxidation sites excluding steroid dienone is 1. The number of nitrogens with one attached hydrogen (secondary N) is 1. The first-order valence-corrected chi connectivity index (χ1v) is 17.5. The highest BCUT2D eigenvalue weighted by molar-refractivity contribution is 7.99. The van der Waals surface area contributed by atoms with Crippen LogP contribution in [0.5, 0.6) is 0 Å². The molecule has 0 spiro atoms. The summed E-state index contributed by atoms with van der Waals surface area (Å²) in [6, 6.07) is 5.46. The average molecular weight is 686 g/mol. The number of hydrogen-bond acceptors (Lipinski definition) is 11. The number of hydrogen-bond donors (Lipinski definition) is 2. The van der Waals surface area contributed by atoms with Gasteiger partial charge >= 0.3 is 11.9 Å². The molecule has 0 bridgehead atoms. The second kappa shape index (κ2) is 18.5. The number of thioether (sulfide) groups is 1. The van der Waals surface area contributed by atoms with Crippen molar-refractivity contribution in [3.63, 3.8) is 0 Å². The van der Waals surface area contributed by atoms with E-state index in [1.54, 1.807) is 17.8 Å². The maximum atomic E-state index is 13.9. The van der Waals surface area contributed by atoms with Gasteiger partial charge in [0.25, 0.3) is 0 Å². The van der Waals surface area contributed by atoms with Crippen LogP contribution in [-0.4, -0.2) is 112 Å². The summed E-state index contributed by atoms with van der Waals surface area (Å²) in [5, 5.41) is 4.48. The lowest BCUT2D eigenvalue weighted by molar-refractivity contribution is -0.148. The quantitative estimate of drug-likeness (QED) is 0.158. The van der Waals surface area contributed by atoms with Gasteiger partial charge in [0.05, 0.1) is 44.2 Å². The van der Waals surface area contributed by atoms with Crippen molar-refractivity contribution in [2.75, 3.05) is 84.6 Å². The summed E-state index contributed by atoms with van der Waals surface area (Å²) in [5.41, 5.74) is 8.20. The molecule has 3 heterocycles. The van der Waals surface area contributed by atoms with Crippen molar-refractivity contribution in [1.82, 2.24) is 15.1 Å². The number of nitrogens with zero attached hydrogens (tertiary/aromatic N) is 2. The molecular formula is C32H46Cl2N4O6S. The Morgan fingerprint density at radius 2 is 1.53 bits per heavy atom. The SMILES string of the molecule is CCC1=C(C(=O)OC(CN2CCOCC2)CN2CCOCC2)C(C)C(C(=O)OCCCCSc2cc(Cl)cc(Cl)c2)=C(CN)N1. The Hall–Kier alpha value is -1.83. The lowest BCUT2D eigenvalue weighted by Gasteiger charge is -2.35. The summed E-state index contributed by atoms with van der Waals surface area (Å²) < 4.78 is 23.0. The molecule has 1 aromatic rings. The lowest BCUT2D eigenvalue weighted by atomic mass is 9.86. The fraction of sp³-hybridized carbons (Fsp3) is 0.625. The Labute approximate surface area is 280 Å². The largest absolute Gasteiger partial charge is 0.462 e. The lowest BCUT2D eigenvalue weighted by Crippen LogP contribution is -2.49. The smallest absolute Gasteiger partial charge is 0.336 e. The van der Waals surface area contributed by atoms with Crippen molar-refractivity contribution in [3.8, 4) is 0 Å². The number of esters is 2. The van der Waals surface area contributed by atoms with E-state index in [4.69, 9.17) is 47.9 Å². The summed E-state index contributed by atoms with van der Waals surface area (Å²) in [4.78, 5) is 32.8. The highest BCUT2D eigenvalue weighted by Crippen LogP contribution is 2.33. The number of rotatable bonds is 15. The highest BCUT2D eigenvalue weighted by atomic mass is 35.5. The van der Waals surface area contributed by atoms with Crippen molar-refractivity contribution in [2.45, 2.75) is 44.1 Å². The fourth-order valence-electron chi connectivity index (χ4n) is 5.76. The van der Waals surface area contributed by atoms with E-state index in [2.05, 4.69) is 15.1 Å². The van der Waals surface area contributed by atoms with E-state index in [0.29, 0.717) is 79.2 Å². The fourth-order valence-corrected chi connectivity index (χ4v) is 7.42. The molecule has 1 atom stereocenters. The van der Waals surface area contributed by atoms with Crippen molar-refractivity contribution in [1.29, 1.82) is 0 Å². The molecule has 13 heteroatoms. The van der Waals surface area contributed by atoms with Crippen LogP contribution in [0.2, 0.25) is 10.0 Å². The van der Waals surface area contributed by atoms with Gasteiger partial charge in [0.1, 0.15) is 6.10 Å². The summed E-state index contributed by atoms with van der Waals surface area (Å²) in [7, 11) is 0. The zero-order valence-corrected chi connectivity index (χ0v) is 28.6. The van der Waals surface area contributed by atoms with Crippen molar-refractivity contribution < 1.29 is 28.5 Å². The molecule has 3 aliphatic rings. The first-order chi connectivity index (χ1) is 21.8. The zero-order valence-electron chi connectivity index (χ0n) is 26.3. The first-order valence-electron chi connectivity index (χ1n) is 15.8. The van der Waals surface area contributed by atoms with Gasteiger partial charge in [-0.3, -0.25) is 9.80 Å². The third kappa shape index (κ3) is 10.9. The van der Waals surface area contributed by atoms with Gasteiger partial charge in [0.15, 0.2) is 0 Å². The van der Waals surface area contributed by atoms with Crippen LogP contribution in [0.25, 0.3) is 0 Å². The van der Waals surface area contributed by atoms with Crippen molar-refractivity contribution >= 4 is 46.9 Å². The predicted molar refractivity (Wildman–Crippen MR) is 177 cm³/mol. The van der Waals surface area contributed by atoms with Crippen LogP contribution < -0.4 is 11.1 Å². The number of morpholine rings is 2. The Balaban J connectivity index is 1.36. The van der Waals surface area contributed by atoms with Crippen LogP contribution >= 0.6 is 35.0 Å². The Morgan fingerprint density at radius 3 is 2.09 bits per heavy atom. The Kier molecular flexibility index (Phi) is 14.8. The van der Waals surface area contributed by atoms with Crippen LogP contribution in [-0.2, 0) is 28.5 Å². The van der Waals surface area contributed by atoms with Gasteiger partial charge in [-0.25, -0.2) is 9.59 Å². The minimum absolute atomic E-state index is 0.121. The molecule has 0 aromatic heterocycles. The number of carbonyl (C=O) groups is 2. The van der Waals surface area contributed by atoms with E-state index in [9.17, 15) is 9.59 Å². The number of benzene rings is 1. The summed E-state index contributed by atoms with van der Waals surface area (Å²) >= 11 is 13.8. The van der Waals surface area contributed by atoms with Crippen LogP contribution in [0.4, 0.5) is 0 Å². The normalized spacial score (nSPS) is 20.0. The van der Waals surface area contributed by atoms with Gasteiger partial charge in [-0.1, -0.05) is 37.0 Å². The molecule has 10 nitrogen and oxygen atoms in total. The second-order valence-electron chi connectivity index (χ2n) is 11.3. The van der Waals surface area contributed by atoms with E-state index in [1.165, 1.54) is 0 Å². The minimum atomic E-state index is -0.532. The van der Waals surface area contributed by atoms with Gasteiger partial charge in [-0.2, -0.15) is 0 Å². The molecule has 0 saturated carbocycles. The second-order valence-corrected chi connectivity index (χ2v) is 13.4. The number of nitrogens with two attached hydrogens (primary N) is 1. The molecule has 1 aromatic carbocycles. The van der Waals surface area contributed by atoms with Crippen molar-refractivity contribution in [2.24, 2.45) is 11.7 Å². The van der Waals surface area contributed by atoms with E-state index in [1.807, 2.05) is 26.0 Å². The van der Waals surface area contributed by atoms with Gasteiger partial charge in [0.2, 0.25) is 0 Å². The predicted octanol–water partition coefficient (Wildman–Crippen LogP) is 4.10. The van der Waals surface area contributed by atoms with Crippen LogP contribution in [0.3, 0.4) is 0 Å². The molecule has 2 fully saturated rings. The van der Waals surface area contributed by atoms with E-state index >= 15 is 0 Å². The molecule has 0 amide bonds. The zero-order chi connectivity index (χ0) is 32.2. The van der Waals surface area contributed by atoms with Crippen LogP contribution in [0, 0.1) is 5.92 Å². The number of halogens is 2. The van der Waals surface area contributed by atoms with Crippen molar-refractivity contribution in [3.05, 3.63) is 50.8 Å². The first kappa shape index (κ1) is 36.0. The number of carbonyl (C=O) groups excluding carboxylic acids is 2. The monoisotopic (exact) mass is 684 g/mol. The maximum Gasteiger partial charge on any atom is 0.336 e. The third-order valence-corrected chi connectivity index (χ3v) is 9.60. The molecule has 2 saturated heterocycles. The van der Waals surface area contributed by atoms with E-state index in [-0.39, 0.29) is 19.3 Å². The molecule has 45 heavy (non-hydrogen) atoms. The maximum absolute atomic E-state index is 13.9. The molecule has 250 valence electrons. The van der Waals surface area contributed by atoms with Gasteiger partial charge < -0.3 is 30.0 Å². The summed E-state index contributed by atoms with van der Waals surface area (Å²) in [6.45, 7) is 11.3.